The van der Waals surface area contributed by atoms with Crippen molar-refractivity contribution >= 4 is 5.91 Å². The zero-order valence-electron chi connectivity index (χ0n) is 16.0. The van der Waals surface area contributed by atoms with E-state index in [9.17, 15) is 4.79 Å². The Hall–Kier alpha value is -2.99. The zero-order chi connectivity index (χ0) is 19.3. The third-order valence-electron chi connectivity index (χ3n) is 5.04. The maximum atomic E-state index is 13.2. The fourth-order valence-corrected chi connectivity index (χ4v) is 3.69. The molecule has 1 aromatic heterocycles. The molecule has 28 heavy (non-hydrogen) atoms. The van der Waals surface area contributed by atoms with Gasteiger partial charge in [-0.1, -0.05) is 53.7 Å². The van der Waals surface area contributed by atoms with Gasteiger partial charge in [-0.15, -0.1) is 0 Å². The minimum atomic E-state index is -0.264. The quantitative estimate of drug-likeness (QED) is 0.698. The molecule has 1 atom stereocenters. The Morgan fingerprint density at radius 3 is 2.46 bits per heavy atom. The molecule has 1 aliphatic heterocycles. The predicted octanol–water partition coefficient (Wildman–Crippen LogP) is 3.47. The van der Waals surface area contributed by atoms with E-state index < -0.39 is 0 Å². The SMILES string of the molecule is Cc1noc(C2CN(Cc3ccccc3)CCCN2C(=O)c2ccccc2)n1. The lowest BCUT2D eigenvalue weighted by Crippen LogP contribution is -2.38. The van der Waals surface area contributed by atoms with Crippen molar-refractivity contribution in [1.82, 2.24) is 19.9 Å². The van der Waals surface area contributed by atoms with Gasteiger partial charge in [-0.2, -0.15) is 4.98 Å². The molecule has 0 spiro atoms. The smallest absolute Gasteiger partial charge is 0.254 e. The van der Waals surface area contributed by atoms with Gasteiger partial charge in [0.15, 0.2) is 5.82 Å². The van der Waals surface area contributed by atoms with Crippen molar-refractivity contribution in [2.75, 3.05) is 19.6 Å². The number of hydrogen-bond donors (Lipinski definition) is 0. The van der Waals surface area contributed by atoms with Gasteiger partial charge in [0.2, 0.25) is 0 Å². The van der Waals surface area contributed by atoms with Gasteiger partial charge in [-0.3, -0.25) is 9.69 Å². The Bertz CT molecular complexity index is 911. The van der Waals surface area contributed by atoms with Crippen LogP contribution in [0.25, 0.3) is 0 Å². The number of aromatic nitrogens is 2. The highest BCUT2D eigenvalue weighted by atomic mass is 16.5. The molecule has 6 heteroatoms. The predicted molar refractivity (Wildman–Crippen MR) is 106 cm³/mol. The van der Waals surface area contributed by atoms with E-state index in [-0.39, 0.29) is 11.9 Å². The summed E-state index contributed by atoms with van der Waals surface area (Å²) in [5.74, 6) is 1.09. The molecule has 1 fully saturated rings. The number of benzene rings is 2. The molecule has 0 aliphatic carbocycles. The highest BCUT2D eigenvalue weighted by molar-refractivity contribution is 5.94. The van der Waals surface area contributed by atoms with Crippen LogP contribution >= 0.6 is 0 Å². The van der Waals surface area contributed by atoms with Crippen LogP contribution < -0.4 is 0 Å². The monoisotopic (exact) mass is 376 g/mol. The lowest BCUT2D eigenvalue weighted by atomic mass is 10.1. The Balaban J connectivity index is 1.61. The Kier molecular flexibility index (Phi) is 5.48. The van der Waals surface area contributed by atoms with Gasteiger partial charge in [0, 0.05) is 31.7 Å². The van der Waals surface area contributed by atoms with Gasteiger partial charge in [-0.05, 0) is 31.0 Å². The Morgan fingerprint density at radius 2 is 1.79 bits per heavy atom. The molecule has 1 saturated heterocycles. The average molecular weight is 376 g/mol. The fraction of sp³-hybridized carbons (Fsp3) is 0.318. The molecule has 0 bridgehead atoms. The number of amides is 1. The van der Waals surface area contributed by atoms with E-state index in [1.807, 2.05) is 41.3 Å². The van der Waals surface area contributed by atoms with Crippen LogP contribution in [0.1, 0.15) is 40.1 Å². The van der Waals surface area contributed by atoms with E-state index in [2.05, 4.69) is 39.3 Å². The van der Waals surface area contributed by atoms with E-state index in [1.165, 1.54) is 5.56 Å². The molecule has 6 nitrogen and oxygen atoms in total. The first-order chi connectivity index (χ1) is 13.7. The maximum Gasteiger partial charge on any atom is 0.254 e. The number of aryl methyl sites for hydroxylation is 1. The molecule has 1 unspecified atom stereocenters. The number of carbonyl (C=O) groups is 1. The van der Waals surface area contributed by atoms with Crippen molar-refractivity contribution < 1.29 is 9.32 Å². The van der Waals surface area contributed by atoms with E-state index >= 15 is 0 Å². The summed E-state index contributed by atoms with van der Waals surface area (Å²) in [6.45, 7) is 4.86. The van der Waals surface area contributed by atoms with Gasteiger partial charge in [-0.25, -0.2) is 0 Å². The summed E-state index contributed by atoms with van der Waals surface area (Å²) in [6.07, 6.45) is 0.898. The second-order valence-electron chi connectivity index (χ2n) is 7.13. The van der Waals surface area contributed by atoms with Crippen molar-refractivity contribution in [1.29, 1.82) is 0 Å². The van der Waals surface area contributed by atoms with Gasteiger partial charge < -0.3 is 9.42 Å². The molecule has 4 rings (SSSR count). The highest BCUT2D eigenvalue weighted by Gasteiger charge is 2.33. The summed E-state index contributed by atoms with van der Waals surface area (Å²) >= 11 is 0. The zero-order valence-corrected chi connectivity index (χ0v) is 16.0. The summed E-state index contributed by atoms with van der Waals surface area (Å²) in [5, 5.41) is 3.96. The number of rotatable bonds is 4. The average Bonchev–Trinajstić information content (AvgIpc) is 3.05. The minimum Gasteiger partial charge on any atom is -0.337 e. The summed E-state index contributed by atoms with van der Waals surface area (Å²) in [6, 6.07) is 19.5. The Morgan fingerprint density at radius 1 is 1.07 bits per heavy atom. The van der Waals surface area contributed by atoms with E-state index in [4.69, 9.17) is 4.52 Å². The van der Waals surface area contributed by atoms with Gasteiger partial charge in [0.25, 0.3) is 11.8 Å². The fourth-order valence-electron chi connectivity index (χ4n) is 3.69. The first-order valence-electron chi connectivity index (χ1n) is 9.63. The lowest BCUT2D eigenvalue weighted by molar-refractivity contribution is 0.0631. The molecule has 2 heterocycles. The van der Waals surface area contributed by atoms with E-state index in [1.54, 1.807) is 6.92 Å². The summed E-state index contributed by atoms with van der Waals surface area (Å²) < 4.78 is 5.49. The van der Waals surface area contributed by atoms with Gasteiger partial charge in [0.1, 0.15) is 6.04 Å². The van der Waals surface area contributed by atoms with Crippen molar-refractivity contribution in [3.05, 3.63) is 83.5 Å². The molecule has 0 saturated carbocycles. The van der Waals surface area contributed by atoms with E-state index in [0.29, 0.717) is 30.4 Å². The van der Waals surface area contributed by atoms with Crippen LogP contribution in [0, 0.1) is 6.92 Å². The molecule has 1 amide bonds. The molecular weight excluding hydrogens is 352 g/mol. The second-order valence-corrected chi connectivity index (χ2v) is 7.13. The van der Waals surface area contributed by atoms with Crippen LogP contribution in [0.4, 0.5) is 0 Å². The van der Waals surface area contributed by atoms with Gasteiger partial charge in [0.05, 0.1) is 0 Å². The topological polar surface area (TPSA) is 62.5 Å². The molecule has 1 aliphatic rings. The highest BCUT2D eigenvalue weighted by Crippen LogP contribution is 2.26. The molecule has 144 valence electrons. The number of carbonyl (C=O) groups excluding carboxylic acids is 1. The third-order valence-corrected chi connectivity index (χ3v) is 5.04. The maximum absolute atomic E-state index is 13.2. The van der Waals surface area contributed by atoms with Crippen LogP contribution in [0.3, 0.4) is 0 Å². The molecule has 0 N–H and O–H groups in total. The van der Waals surface area contributed by atoms with E-state index in [0.717, 1.165) is 19.5 Å². The summed E-state index contributed by atoms with van der Waals surface area (Å²) in [7, 11) is 0. The standard InChI is InChI=1S/C22H24N4O2/c1-17-23-21(28-24-17)20-16-25(15-18-9-4-2-5-10-18)13-8-14-26(20)22(27)19-11-6-3-7-12-19/h2-7,9-12,20H,8,13-16H2,1H3. The van der Waals surface area contributed by atoms with Crippen LogP contribution in [-0.2, 0) is 6.54 Å². The normalized spacial score (nSPS) is 18.0. The minimum absolute atomic E-state index is 0.00279. The number of nitrogens with zero attached hydrogens (tertiary/aromatic N) is 4. The molecule has 2 aromatic carbocycles. The third kappa shape index (κ3) is 4.12. The largest absolute Gasteiger partial charge is 0.337 e. The first kappa shape index (κ1) is 18.4. The van der Waals surface area contributed by atoms with Crippen LogP contribution in [0.15, 0.2) is 65.2 Å². The molecule has 0 radical (unpaired) electrons. The lowest BCUT2D eigenvalue weighted by Gasteiger charge is -2.29. The van der Waals surface area contributed by atoms with Crippen molar-refractivity contribution in [2.45, 2.75) is 25.9 Å². The molecular formula is C22H24N4O2. The van der Waals surface area contributed by atoms with Crippen molar-refractivity contribution in [3.63, 3.8) is 0 Å². The van der Waals surface area contributed by atoms with Crippen molar-refractivity contribution in [2.24, 2.45) is 0 Å². The van der Waals surface area contributed by atoms with Crippen LogP contribution in [-0.4, -0.2) is 45.5 Å². The summed E-state index contributed by atoms with van der Waals surface area (Å²) in [4.78, 5) is 21.9. The first-order valence-corrected chi connectivity index (χ1v) is 9.63. The molecule has 3 aromatic rings. The number of hydrogen-bond acceptors (Lipinski definition) is 5. The van der Waals surface area contributed by atoms with Crippen LogP contribution in [0.5, 0.6) is 0 Å². The second kappa shape index (κ2) is 8.35. The van der Waals surface area contributed by atoms with Crippen molar-refractivity contribution in [3.8, 4) is 0 Å². The summed E-state index contributed by atoms with van der Waals surface area (Å²) in [5.41, 5.74) is 1.94. The Labute approximate surface area is 164 Å². The van der Waals surface area contributed by atoms with Gasteiger partial charge >= 0.3 is 0 Å². The van der Waals surface area contributed by atoms with Crippen LogP contribution in [0.2, 0.25) is 0 Å².